The van der Waals surface area contributed by atoms with E-state index in [4.69, 9.17) is 14.6 Å². The van der Waals surface area contributed by atoms with Crippen LogP contribution in [0.1, 0.15) is 41.5 Å². The van der Waals surface area contributed by atoms with Crippen LogP contribution in [0.15, 0.2) is 72.9 Å². The molecule has 0 saturated carbocycles. The molecule has 1 N–H and O–H groups in total. The molecule has 5 nitrogen and oxygen atoms in total. The van der Waals surface area contributed by atoms with Gasteiger partial charge in [0, 0.05) is 12.7 Å². The lowest BCUT2D eigenvalue weighted by Crippen LogP contribution is -2.05. The summed E-state index contributed by atoms with van der Waals surface area (Å²) in [6.07, 6.45) is 2.11. The van der Waals surface area contributed by atoms with E-state index in [0.717, 1.165) is 29.2 Å². The zero-order chi connectivity index (χ0) is 24.8. The first kappa shape index (κ1) is 24.0. The van der Waals surface area contributed by atoms with Gasteiger partial charge in [-0.05, 0) is 71.8 Å². The third-order valence-corrected chi connectivity index (χ3v) is 6.18. The maximum atomic E-state index is 11.1. The molecule has 5 heteroatoms. The lowest BCUT2D eigenvalue weighted by Gasteiger charge is -2.14. The first-order valence-corrected chi connectivity index (χ1v) is 11.6. The maximum Gasteiger partial charge on any atom is 0.304 e. The third kappa shape index (κ3) is 5.67. The molecule has 0 amide bonds. The number of hydrogen-bond donors (Lipinski definition) is 1. The Labute approximate surface area is 205 Å². The summed E-state index contributed by atoms with van der Waals surface area (Å²) in [5, 5.41) is 10.3. The Morgan fingerprint density at radius 2 is 1.71 bits per heavy atom. The number of rotatable bonds is 9. The SMILES string of the molecule is CC#C[C@@H](CC(=O)O)c1ccc(OCc2ccc3ccn(Cc4ccc(OC)cc4)c3c2C)cc1. The number of methoxy groups -OCH3 is 1. The van der Waals surface area contributed by atoms with Crippen molar-refractivity contribution in [2.45, 2.75) is 39.3 Å². The fourth-order valence-corrected chi connectivity index (χ4v) is 4.30. The monoisotopic (exact) mass is 467 g/mol. The second-order valence-electron chi connectivity index (χ2n) is 8.48. The van der Waals surface area contributed by atoms with E-state index >= 15 is 0 Å². The van der Waals surface area contributed by atoms with Crippen molar-refractivity contribution in [3.8, 4) is 23.3 Å². The van der Waals surface area contributed by atoms with Crippen molar-refractivity contribution in [1.29, 1.82) is 0 Å². The molecule has 0 aliphatic carbocycles. The molecule has 0 saturated heterocycles. The average molecular weight is 468 g/mol. The molecule has 4 aromatic rings. The largest absolute Gasteiger partial charge is 0.497 e. The molecular weight excluding hydrogens is 438 g/mol. The summed E-state index contributed by atoms with van der Waals surface area (Å²) in [4.78, 5) is 11.1. The number of fused-ring (bicyclic) bond motifs is 1. The number of carbonyl (C=O) groups is 1. The quantitative estimate of drug-likeness (QED) is 0.299. The van der Waals surface area contributed by atoms with Gasteiger partial charge in [0.15, 0.2) is 0 Å². The molecule has 1 atom stereocenters. The van der Waals surface area contributed by atoms with Crippen molar-refractivity contribution in [3.05, 3.63) is 95.2 Å². The van der Waals surface area contributed by atoms with Crippen molar-refractivity contribution in [3.63, 3.8) is 0 Å². The number of ether oxygens (including phenoxy) is 2. The van der Waals surface area contributed by atoms with E-state index in [1.54, 1.807) is 14.0 Å². The number of aryl methyl sites for hydroxylation is 1. The highest BCUT2D eigenvalue weighted by molar-refractivity contribution is 5.84. The number of aliphatic carboxylic acids is 1. The summed E-state index contributed by atoms with van der Waals surface area (Å²) in [7, 11) is 1.67. The summed E-state index contributed by atoms with van der Waals surface area (Å²) >= 11 is 0. The maximum absolute atomic E-state index is 11.1. The minimum absolute atomic E-state index is 0.0174. The van der Waals surface area contributed by atoms with Gasteiger partial charge in [0.1, 0.15) is 18.1 Å². The summed E-state index contributed by atoms with van der Waals surface area (Å²) < 4.78 is 13.6. The van der Waals surface area contributed by atoms with Gasteiger partial charge >= 0.3 is 5.97 Å². The van der Waals surface area contributed by atoms with Crippen molar-refractivity contribution >= 4 is 16.9 Å². The van der Waals surface area contributed by atoms with E-state index < -0.39 is 5.97 Å². The number of benzene rings is 3. The smallest absolute Gasteiger partial charge is 0.304 e. The predicted octanol–water partition coefficient (Wildman–Crippen LogP) is 6.17. The molecule has 35 heavy (non-hydrogen) atoms. The molecule has 0 unspecified atom stereocenters. The molecule has 4 rings (SSSR count). The Bertz CT molecular complexity index is 1370. The van der Waals surface area contributed by atoms with E-state index in [-0.39, 0.29) is 12.3 Å². The van der Waals surface area contributed by atoms with Crippen LogP contribution in [0.3, 0.4) is 0 Å². The highest BCUT2D eigenvalue weighted by Gasteiger charge is 2.14. The van der Waals surface area contributed by atoms with E-state index in [2.05, 4.69) is 59.9 Å². The minimum atomic E-state index is -0.860. The van der Waals surface area contributed by atoms with Crippen LogP contribution in [0, 0.1) is 18.8 Å². The zero-order valence-corrected chi connectivity index (χ0v) is 20.2. The normalized spacial score (nSPS) is 11.5. The van der Waals surface area contributed by atoms with Crippen molar-refractivity contribution < 1.29 is 19.4 Å². The van der Waals surface area contributed by atoms with Crippen molar-refractivity contribution in [1.82, 2.24) is 4.57 Å². The molecule has 0 radical (unpaired) electrons. The van der Waals surface area contributed by atoms with Crippen LogP contribution in [0.25, 0.3) is 10.9 Å². The van der Waals surface area contributed by atoms with E-state index in [0.29, 0.717) is 6.61 Å². The molecule has 3 aromatic carbocycles. The molecule has 178 valence electrons. The Hall–Kier alpha value is -4.17. The van der Waals surface area contributed by atoms with Gasteiger partial charge in [-0.2, -0.15) is 0 Å². The number of carboxylic acids is 1. The van der Waals surface area contributed by atoms with Gasteiger partial charge in [0.25, 0.3) is 0 Å². The first-order chi connectivity index (χ1) is 17.0. The summed E-state index contributed by atoms with van der Waals surface area (Å²) in [6, 6.07) is 22.1. The molecule has 0 aliphatic heterocycles. The second-order valence-corrected chi connectivity index (χ2v) is 8.48. The summed E-state index contributed by atoms with van der Waals surface area (Å²) in [5.41, 5.74) is 5.60. The summed E-state index contributed by atoms with van der Waals surface area (Å²) in [6.45, 7) is 5.08. The number of nitrogens with zero attached hydrogens (tertiary/aromatic N) is 1. The number of carboxylic acid groups (broad SMARTS) is 1. The highest BCUT2D eigenvalue weighted by atomic mass is 16.5. The van der Waals surface area contributed by atoms with Crippen LogP contribution < -0.4 is 9.47 Å². The van der Waals surface area contributed by atoms with Gasteiger partial charge in [-0.25, -0.2) is 0 Å². The van der Waals surface area contributed by atoms with Crippen LogP contribution in [0.5, 0.6) is 11.5 Å². The fraction of sp³-hybridized carbons (Fsp3) is 0.233. The molecule has 0 bridgehead atoms. The zero-order valence-electron chi connectivity index (χ0n) is 20.2. The molecule has 1 aromatic heterocycles. The summed E-state index contributed by atoms with van der Waals surface area (Å²) in [5.74, 6) is 6.21. The molecule has 1 heterocycles. The van der Waals surface area contributed by atoms with Crippen LogP contribution in [0.4, 0.5) is 0 Å². The molecule has 0 aliphatic rings. The Morgan fingerprint density at radius 1 is 1.00 bits per heavy atom. The predicted molar refractivity (Wildman–Crippen MR) is 138 cm³/mol. The van der Waals surface area contributed by atoms with E-state index in [9.17, 15) is 4.79 Å². The average Bonchev–Trinajstić information content (AvgIpc) is 3.27. The van der Waals surface area contributed by atoms with Gasteiger partial charge < -0.3 is 19.1 Å². The van der Waals surface area contributed by atoms with Gasteiger partial charge in [-0.3, -0.25) is 4.79 Å². The van der Waals surface area contributed by atoms with Crippen LogP contribution in [0.2, 0.25) is 0 Å². The second kappa shape index (κ2) is 10.8. The molecular formula is C30H29NO4. The Morgan fingerprint density at radius 3 is 2.37 bits per heavy atom. The van der Waals surface area contributed by atoms with Gasteiger partial charge in [-0.15, -0.1) is 5.92 Å². The molecule has 0 spiro atoms. The van der Waals surface area contributed by atoms with Gasteiger partial charge in [0.2, 0.25) is 0 Å². The fourth-order valence-electron chi connectivity index (χ4n) is 4.30. The first-order valence-electron chi connectivity index (χ1n) is 11.6. The van der Waals surface area contributed by atoms with Crippen molar-refractivity contribution in [2.75, 3.05) is 7.11 Å². The van der Waals surface area contributed by atoms with Crippen LogP contribution in [-0.4, -0.2) is 22.8 Å². The molecule has 0 fully saturated rings. The van der Waals surface area contributed by atoms with E-state index in [1.807, 2.05) is 36.4 Å². The van der Waals surface area contributed by atoms with E-state index in [1.165, 1.54) is 22.0 Å². The minimum Gasteiger partial charge on any atom is -0.497 e. The van der Waals surface area contributed by atoms with Crippen LogP contribution in [-0.2, 0) is 17.9 Å². The Kier molecular flexibility index (Phi) is 7.42. The highest BCUT2D eigenvalue weighted by Crippen LogP contribution is 2.27. The Balaban J connectivity index is 1.49. The number of hydrogen-bond acceptors (Lipinski definition) is 3. The van der Waals surface area contributed by atoms with Gasteiger partial charge in [0.05, 0.1) is 25.0 Å². The number of aromatic nitrogens is 1. The lowest BCUT2D eigenvalue weighted by molar-refractivity contribution is -0.137. The van der Waals surface area contributed by atoms with Crippen LogP contribution >= 0.6 is 0 Å². The standard InChI is InChI=1S/C30H29NO4/c1-4-5-25(18-29(32)33)23-10-14-28(15-11-23)35-20-26-9-8-24-16-17-31(30(24)21(26)2)19-22-6-12-27(34-3)13-7-22/h6-17,25H,18-20H2,1-3H3,(H,32,33)/t25-/m0/s1. The topological polar surface area (TPSA) is 60.7 Å². The van der Waals surface area contributed by atoms with Gasteiger partial charge in [-0.1, -0.05) is 42.3 Å². The van der Waals surface area contributed by atoms with Crippen molar-refractivity contribution in [2.24, 2.45) is 0 Å². The lowest BCUT2D eigenvalue weighted by atomic mass is 9.96. The third-order valence-electron chi connectivity index (χ3n) is 6.18.